The predicted molar refractivity (Wildman–Crippen MR) is 226 cm³/mol. The zero-order valence-corrected chi connectivity index (χ0v) is 31.1. The molecule has 6 aromatic rings. The van der Waals surface area contributed by atoms with Gasteiger partial charge in [0.2, 0.25) is 0 Å². The van der Waals surface area contributed by atoms with Gasteiger partial charge in [-0.05, 0) is 95.7 Å². The molecule has 2 aliphatic rings. The lowest BCUT2D eigenvalue weighted by Crippen LogP contribution is -2.26. The summed E-state index contributed by atoms with van der Waals surface area (Å²) >= 11 is 0. The average Bonchev–Trinajstić information content (AvgIpc) is 3.70. The third-order valence-electron chi connectivity index (χ3n) is 10.8. The summed E-state index contributed by atoms with van der Waals surface area (Å²) in [4.78, 5) is 10.2. The molecule has 0 radical (unpaired) electrons. The van der Waals surface area contributed by atoms with Crippen LogP contribution in [0.15, 0.2) is 145 Å². The molecule has 0 fully saturated rings. The zero-order valence-electron chi connectivity index (χ0n) is 31.1. The number of furan rings is 1. The molecule has 3 aromatic carbocycles. The highest BCUT2D eigenvalue weighted by molar-refractivity contribution is 6.17. The summed E-state index contributed by atoms with van der Waals surface area (Å²) in [6, 6.07) is 21.8. The molecule has 0 spiro atoms. The number of aromatic nitrogens is 3. The maximum atomic E-state index is 6.51. The van der Waals surface area contributed by atoms with E-state index in [0.29, 0.717) is 11.7 Å². The van der Waals surface area contributed by atoms with Crippen LogP contribution in [0.5, 0.6) is 0 Å². The van der Waals surface area contributed by atoms with E-state index in [1.165, 1.54) is 22.3 Å². The number of hydrogen-bond acceptors (Lipinski definition) is 3. The number of rotatable bonds is 6. The van der Waals surface area contributed by atoms with Gasteiger partial charge >= 0.3 is 0 Å². The molecule has 53 heavy (non-hydrogen) atoms. The van der Waals surface area contributed by atoms with E-state index in [0.717, 1.165) is 72.3 Å². The van der Waals surface area contributed by atoms with Crippen molar-refractivity contribution < 1.29 is 4.42 Å². The first-order valence-corrected chi connectivity index (χ1v) is 18.2. The first kappa shape index (κ1) is 33.9. The Hall–Kier alpha value is -6.26. The fourth-order valence-corrected chi connectivity index (χ4v) is 7.89. The minimum absolute atomic E-state index is 0.241. The van der Waals surface area contributed by atoms with Gasteiger partial charge in [-0.15, -0.1) is 0 Å². The second-order valence-electron chi connectivity index (χ2n) is 14.4. The maximum Gasteiger partial charge on any atom is 0.161 e. The van der Waals surface area contributed by atoms with E-state index in [1.54, 1.807) is 6.08 Å². The number of fused-ring (bicyclic) bond motifs is 7. The van der Waals surface area contributed by atoms with Gasteiger partial charge in [0.25, 0.3) is 0 Å². The van der Waals surface area contributed by atoms with Gasteiger partial charge in [-0.3, -0.25) is 0 Å². The smallest absolute Gasteiger partial charge is 0.161 e. The Bertz CT molecular complexity index is 2730. The van der Waals surface area contributed by atoms with E-state index in [1.807, 2.05) is 37.3 Å². The van der Waals surface area contributed by atoms with Gasteiger partial charge in [-0.2, -0.15) is 0 Å². The summed E-state index contributed by atoms with van der Waals surface area (Å²) in [7, 11) is 0. The topological polar surface area (TPSA) is 43.9 Å². The second kappa shape index (κ2) is 13.1. The van der Waals surface area contributed by atoms with Crippen molar-refractivity contribution in [3.8, 4) is 5.69 Å². The quantitative estimate of drug-likeness (QED) is 0.164. The van der Waals surface area contributed by atoms with Crippen molar-refractivity contribution in [3.63, 3.8) is 0 Å². The van der Waals surface area contributed by atoms with E-state index in [4.69, 9.17) is 14.4 Å². The fraction of sp³-hybridized carbons (Fsp3) is 0.143. The van der Waals surface area contributed by atoms with E-state index >= 15 is 0 Å². The standard InChI is InChI=1S/C49H43N3O/c1-9-33(44-35(10-2)41(11-3)50-48(51-44)36-22-16-19-30(4)18-12-13-20-31(36)5)28-32(6)34-26-27-42-40(29-34)49(7,8)39-24-17-23-38-45(39)52(42)46-37-21-14-15-25-43(37)53-47(38)46/h9-30H,2-3,5H2,1,4,6-8H3/b18-12-,19-16-,20-13-,32-28+,33-9+,36-22+. The second-order valence-corrected chi connectivity index (χ2v) is 14.4. The van der Waals surface area contributed by atoms with Crippen LogP contribution in [0, 0.1) is 5.92 Å². The molecule has 260 valence electrons. The van der Waals surface area contributed by atoms with Crippen LogP contribution >= 0.6 is 0 Å². The summed E-state index contributed by atoms with van der Waals surface area (Å²) in [5.74, 6) is 0.891. The van der Waals surface area contributed by atoms with Gasteiger partial charge in [0, 0.05) is 27.3 Å². The predicted octanol–water partition coefficient (Wildman–Crippen LogP) is 13.0. The normalized spacial score (nSPS) is 19.8. The lowest BCUT2D eigenvalue weighted by molar-refractivity contribution is 0.630. The van der Waals surface area contributed by atoms with Crippen molar-refractivity contribution in [3.05, 3.63) is 180 Å². The van der Waals surface area contributed by atoms with Crippen LogP contribution in [0.25, 0.3) is 67.5 Å². The van der Waals surface area contributed by atoms with Crippen molar-refractivity contribution in [1.29, 1.82) is 0 Å². The first-order chi connectivity index (χ1) is 25.7. The Morgan fingerprint density at radius 3 is 2.47 bits per heavy atom. The highest BCUT2D eigenvalue weighted by Gasteiger charge is 2.36. The van der Waals surface area contributed by atoms with Crippen LogP contribution in [-0.4, -0.2) is 14.5 Å². The molecule has 1 atom stereocenters. The minimum atomic E-state index is -0.241. The van der Waals surface area contributed by atoms with Gasteiger partial charge in [-0.25, -0.2) is 9.97 Å². The van der Waals surface area contributed by atoms with E-state index < -0.39 is 0 Å². The highest BCUT2D eigenvalue weighted by Crippen LogP contribution is 2.50. The van der Waals surface area contributed by atoms with Crippen molar-refractivity contribution in [2.45, 2.75) is 40.0 Å². The monoisotopic (exact) mass is 689 g/mol. The van der Waals surface area contributed by atoms with Crippen LogP contribution in [0.4, 0.5) is 0 Å². The van der Waals surface area contributed by atoms with Crippen LogP contribution in [0.3, 0.4) is 0 Å². The van der Waals surface area contributed by atoms with Crippen LogP contribution in [-0.2, 0) is 5.41 Å². The Kier molecular flexibility index (Phi) is 8.34. The van der Waals surface area contributed by atoms with Gasteiger partial charge in [0.1, 0.15) is 11.1 Å². The molecule has 0 saturated carbocycles. The van der Waals surface area contributed by atoms with Crippen LogP contribution in [0.2, 0.25) is 0 Å². The molecule has 4 heteroatoms. The minimum Gasteiger partial charge on any atom is -0.454 e. The number of hydrogen-bond donors (Lipinski definition) is 0. The Labute approximate surface area is 311 Å². The molecule has 4 nitrogen and oxygen atoms in total. The van der Waals surface area contributed by atoms with E-state index in [-0.39, 0.29) is 5.41 Å². The summed E-state index contributed by atoms with van der Waals surface area (Å²) in [5.41, 5.74) is 15.0. The molecule has 3 aromatic heterocycles. The van der Waals surface area contributed by atoms with Gasteiger partial charge < -0.3 is 8.98 Å². The number of allylic oxidation sites excluding steroid dienone is 13. The van der Waals surface area contributed by atoms with Crippen molar-refractivity contribution >= 4 is 61.8 Å². The number of benzene rings is 3. The van der Waals surface area contributed by atoms with Crippen molar-refractivity contribution in [2.24, 2.45) is 5.92 Å². The SMILES string of the molecule is C=Cc1nc(/C2=C/C=C\C(C)/C=C\C=C/C2=C)nc(C(/C=C(\C)c2ccc3c(c2)C(C)(C)c2cccc4c5oc6ccccc6c5n-3c24)=C/C)c1C=C. The Morgan fingerprint density at radius 1 is 0.887 bits per heavy atom. The van der Waals surface area contributed by atoms with Crippen LogP contribution in [0.1, 0.15) is 74.1 Å². The molecular formula is C49H43N3O. The van der Waals surface area contributed by atoms with E-state index in [2.05, 4.69) is 143 Å². The Balaban J connectivity index is 1.26. The number of para-hydroxylation sites is 2. The number of nitrogens with zero attached hydrogens (tertiary/aromatic N) is 3. The third kappa shape index (κ3) is 5.45. The molecule has 0 bridgehead atoms. The molecule has 8 rings (SSSR count). The summed E-state index contributed by atoms with van der Waals surface area (Å²) in [6.07, 6.45) is 22.4. The molecule has 1 aliphatic carbocycles. The molecular weight excluding hydrogens is 647 g/mol. The van der Waals surface area contributed by atoms with Gasteiger partial charge in [0.15, 0.2) is 11.4 Å². The highest BCUT2D eigenvalue weighted by atomic mass is 16.3. The average molecular weight is 690 g/mol. The molecule has 1 unspecified atom stereocenters. The van der Waals surface area contributed by atoms with Crippen molar-refractivity contribution in [1.82, 2.24) is 14.5 Å². The van der Waals surface area contributed by atoms with Crippen molar-refractivity contribution in [2.75, 3.05) is 0 Å². The third-order valence-corrected chi connectivity index (χ3v) is 10.8. The van der Waals surface area contributed by atoms with E-state index in [9.17, 15) is 0 Å². The first-order valence-electron chi connectivity index (χ1n) is 18.2. The molecule has 4 heterocycles. The van der Waals surface area contributed by atoms with Crippen LogP contribution < -0.4 is 0 Å². The van der Waals surface area contributed by atoms with Gasteiger partial charge in [-0.1, -0.05) is 126 Å². The Morgan fingerprint density at radius 2 is 1.68 bits per heavy atom. The lowest BCUT2D eigenvalue weighted by atomic mass is 9.74. The summed E-state index contributed by atoms with van der Waals surface area (Å²) in [5, 5.41) is 2.27. The molecule has 0 amide bonds. The zero-order chi connectivity index (χ0) is 37.0. The molecule has 0 saturated heterocycles. The summed E-state index contributed by atoms with van der Waals surface area (Å²) in [6.45, 7) is 23.7. The lowest BCUT2D eigenvalue weighted by Gasteiger charge is -2.35. The largest absolute Gasteiger partial charge is 0.454 e. The molecule has 1 aliphatic heterocycles. The fourth-order valence-electron chi connectivity index (χ4n) is 7.89. The molecule has 0 N–H and O–H groups in total. The van der Waals surface area contributed by atoms with Gasteiger partial charge in [0.05, 0.1) is 22.6 Å². The maximum absolute atomic E-state index is 6.51. The summed E-state index contributed by atoms with van der Waals surface area (Å²) < 4.78 is 8.93.